The number of benzene rings is 1. The monoisotopic (exact) mass is 497 g/mol. The van der Waals surface area contributed by atoms with E-state index in [9.17, 15) is 9.59 Å². The fraction of sp³-hybridized carbons (Fsp3) is 0.519. The molecule has 2 aromatic rings. The lowest BCUT2D eigenvalue weighted by Gasteiger charge is -2.36. The second kappa shape index (κ2) is 13.2. The van der Waals surface area contributed by atoms with Crippen molar-refractivity contribution >= 4 is 17.6 Å². The lowest BCUT2D eigenvalue weighted by Crippen LogP contribution is -2.46. The molecule has 1 aliphatic heterocycles. The van der Waals surface area contributed by atoms with Gasteiger partial charge in [-0.15, -0.1) is 0 Å². The number of rotatable bonds is 6. The first kappa shape index (κ1) is 27.4. The highest BCUT2D eigenvalue weighted by Crippen LogP contribution is 2.26. The van der Waals surface area contributed by atoms with Crippen LogP contribution >= 0.6 is 0 Å². The zero-order valence-electron chi connectivity index (χ0n) is 22.0. The average Bonchev–Trinajstić information content (AvgIpc) is 2.88. The minimum Gasteiger partial charge on any atom is -0.491 e. The van der Waals surface area contributed by atoms with E-state index in [0.29, 0.717) is 36.7 Å². The molecular formula is C27H39N5O4. The van der Waals surface area contributed by atoms with Gasteiger partial charge in [0.1, 0.15) is 12.4 Å². The van der Waals surface area contributed by atoms with Crippen molar-refractivity contribution in [3.63, 3.8) is 0 Å². The van der Waals surface area contributed by atoms with Crippen molar-refractivity contribution in [2.75, 3.05) is 45.7 Å². The molecule has 0 spiro atoms. The zero-order chi connectivity index (χ0) is 26.1. The predicted molar refractivity (Wildman–Crippen MR) is 140 cm³/mol. The number of fused-ring (bicyclic) bond motifs is 1. The summed E-state index contributed by atoms with van der Waals surface area (Å²) in [6.07, 6.45) is 4.35. The van der Waals surface area contributed by atoms with E-state index in [2.05, 4.69) is 40.4 Å². The topological polar surface area (TPSA) is 96.0 Å². The van der Waals surface area contributed by atoms with Crippen molar-refractivity contribution in [3.05, 3.63) is 53.9 Å². The predicted octanol–water partition coefficient (Wildman–Crippen LogP) is 3.62. The van der Waals surface area contributed by atoms with Gasteiger partial charge < -0.3 is 25.0 Å². The Bertz CT molecular complexity index is 1000. The van der Waals surface area contributed by atoms with Crippen molar-refractivity contribution in [2.24, 2.45) is 5.92 Å². The summed E-state index contributed by atoms with van der Waals surface area (Å²) < 4.78 is 12.0. The summed E-state index contributed by atoms with van der Waals surface area (Å²) in [5, 5.41) is 5.59. The zero-order valence-corrected chi connectivity index (χ0v) is 22.0. The molecule has 36 heavy (non-hydrogen) atoms. The highest BCUT2D eigenvalue weighted by molar-refractivity contribution is 5.99. The molecule has 0 radical (unpaired) electrons. The van der Waals surface area contributed by atoms with Gasteiger partial charge in [0.05, 0.1) is 11.7 Å². The number of nitrogens with zero attached hydrogens (tertiary/aromatic N) is 3. The second-order valence-electron chi connectivity index (χ2n) is 9.48. The third-order valence-electron chi connectivity index (χ3n) is 6.48. The molecule has 9 nitrogen and oxygen atoms in total. The van der Waals surface area contributed by atoms with Crippen molar-refractivity contribution in [1.82, 2.24) is 20.1 Å². The Kier molecular flexibility index (Phi) is 10.1. The van der Waals surface area contributed by atoms with Gasteiger partial charge in [-0.1, -0.05) is 19.9 Å². The number of likely N-dealkylation sites (N-methyl/N-ethyl adjacent to an activating group) is 1. The van der Waals surface area contributed by atoms with Crippen LogP contribution < -0.4 is 15.4 Å². The number of ether oxygens (including phenoxy) is 2. The Morgan fingerprint density at radius 2 is 2.06 bits per heavy atom. The number of hydrogen-bond donors (Lipinski definition) is 2. The number of urea groups is 1. The van der Waals surface area contributed by atoms with E-state index in [1.165, 1.54) is 0 Å². The van der Waals surface area contributed by atoms with E-state index in [1.54, 1.807) is 43.5 Å². The van der Waals surface area contributed by atoms with Crippen LogP contribution in [-0.2, 0) is 11.3 Å². The molecule has 2 heterocycles. The van der Waals surface area contributed by atoms with E-state index < -0.39 is 0 Å². The summed E-state index contributed by atoms with van der Waals surface area (Å²) in [5.74, 6) is 0.470. The molecule has 3 rings (SSSR count). The maximum atomic E-state index is 13.5. The molecule has 9 heteroatoms. The second-order valence-corrected chi connectivity index (χ2v) is 9.48. The SMILES string of the molecule is CCCNC(=O)Nc1ccc2c(c1)C(=O)N(C)C[C@H](OC)[C@@H](C)CN(Cc1cccnc1)[C@@H](C)CO2. The maximum absolute atomic E-state index is 13.5. The molecule has 3 amide bonds. The molecule has 0 saturated carbocycles. The maximum Gasteiger partial charge on any atom is 0.319 e. The molecule has 0 bridgehead atoms. The van der Waals surface area contributed by atoms with Gasteiger partial charge in [0.2, 0.25) is 0 Å². The first-order valence-corrected chi connectivity index (χ1v) is 12.5. The van der Waals surface area contributed by atoms with Crippen molar-refractivity contribution in [1.29, 1.82) is 0 Å². The van der Waals surface area contributed by atoms with Crippen LogP contribution in [0.4, 0.5) is 10.5 Å². The standard InChI is InChI=1S/C27H39N5O4/c1-6-11-29-27(34)30-22-9-10-24-23(13-22)26(33)31(4)17-25(35-5)19(2)15-32(20(3)18-36-24)16-21-8-7-12-28-14-21/h7-10,12-14,19-20,25H,6,11,15-18H2,1-5H3,(H2,29,30,34)/t19-,20-,25-/m0/s1. The summed E-state index contributed by atoms with van der Waals surface area (Å²) in [6, 6.07) is 8.96. The number of methoxy groups -OCH3 is 1. The highest BCUT2D eigenvalue weighted by Gasteiger charge is 2.28. The molecule has 0 unspecified atom stereocenters. The Labute approximate surface area is 214 Å². The average molecular weight is 498 g/mol. The molecule has 1 aliphatic rings. The van der Waals surface area contributed by atoms with Gasteiger partial charge >= 0.3 is 6.03 Å². The number of amides is 3. The highest BCUT2D eigenvalue weighted by atomic mass is 16.5. The smallest absolute Gasteiger partial charge is 0.319 e. The van der Waals surface area contributed by atoms with Crippen molar-refractivity contribution < 1.29 is 19.1 Å². The van der Waals surface area contributed by atoms with Gasteiger partial charge in [0, 0.05) is 64.5 Å². The van der Waals surface area contributed by atoms with Crippen molar-refractivity contribution in [2.45, 2.75) is 45.9 Å². The van der Waals surface area contributed by atoms with E-state index in [0.717, 1.165) is 25.1 Å². The van der Waals surface area contributed by atoms with E-state index in [4.69, 9.17) is 9.47 Å². The number of anilines is 1. The quantitative estimate of drug-likeness (QED) is 0.633. The van der Waals surface area contributed by atoms with Gasteiger partial charge in [-0.3, -0.25) is 14.7 Å². The molecule has 3 atom stereocenters. The molecule has 2 N–H and O–H groups in total. The molecular weight excluding hydrogens is 458 g/mol. The lowest BCUT2D eigenvalue weighted by molar-refractivity contribution is 0.00920. The van der Waals surface area contributed by atoms with Crippen molar-refractivity contribution in [3.8, 4) is 5.75 Å². The van der Waals surface area contributed by atoms with Crippen LogP contribution in [0.2, 0.25) is 0 Å². The molecule has 0 saturated heterocycles. The van der Waals surface area contributed by atoms with Crippen LogP contribution in [0, 0.1) is 5.92 Å². The number of nitrogens with one attached hydrogen (secondary N) is 2. The summed E-state index contributed by atoms with van der Waals surface area (Å²) in [4.78, 5) is 33.9. The fourth-order valence-corrected chi connectivity index (χ4v) is 4.29. The Hall–Kier alpha value is -3.17. The Morgan fingerprint density at radius 3 is 2.75 bits per heavy atom. The number of aromatic nitrogens is 1. The third-order valence-corrected chi connectivity index (χ3v) is 6.48. The van der Waals surface area contributed by atoms with Crippen LogP contribution in [0.25, 0.3) is 0 Å². The van der Waals surface area contributed by atoms with Gasteiger partial charge in [-0.05, 0) is 49.1 Å². The number of carbonyl (C=O) groups is 2. The number of carbonyl (C=O) groups excluding carboxylic acids is 2. The molecule has 0 fully saturated rings. The largest absolute Gasteiger partial charge is 0.491 e. The Balaban J connectivity index is 1.89. The molecule has 1 aromatic carbocycles. The van der Waals surface area contributed by atoms with Gasteiger partial charge in [-0.25, -0.2) is 4.79 Å². The van der Waals surface area contributed by atoms with E-state index in [1.807, 2.05) is 19.2 Å². The normalized spacial score (nSPS) is 21.5. The molecule has 196 valence electrons. The van der Waals surface area contributed by atoms with E-state index >= 15 is 0 Å². The summed E-state index contributed by atoms with van der Waals surface area (Å²) in [7, 11) is 3.45. The first-order valence-electron chi connectivity index (χ1n) is 12.5. The minimum atomic E-state index is -0.306. The first-order chi connectivity index (χ1) is 17.3. The molecule has 0 aliphatic carbocycles. The van der Waals surface area contributed by atoms with Crippen LogP contribution in [0.5, 0.6) is 5.75 Å². The van der Waals surface area contributed by atoms with Crippen LogP contribution in [0.15, 0.2) is 42.7 Å². The Morgan fingerprint density at radius 1 is 1.25 bits per heavy atom. The van der Waals surface area contributed by atoms with E-state index in [-0.39, 0.29) is 30.0 Å². The van der Waals surface area contributed by atoms with Gasteiger partial charge in [0.25, 0.3) is 5.91 Å². The number of pyridine rings is 1. The fourth-order valence-electron chi connectivity index (χ4n) is 4.29. The van der Waals surface area contributed by atoms with Crippen LogP contribution in [-0.4, -0.2) is 79.3 Å². The summed E-state index contributed by atoms with van der Waals surface area (Å²) >= 11 is 0. The summed E-state index contributed by atoms with van der Waals surface area (Å²) in [6.45, 7) is 9.18. The van der Waals surface area contributed by atoms with Crippen LogP contribution in [0.3, 0.4) is 0 Å². The minimum absolute atomic E-state index is 0.0721. The lowest BCUT2D eigenvalue weighted by atomic mass is 10.0. The summed E-state index contributed by atoms with van der Waals surface area (Å²) in [5.41, 5.74) is 2.06. The number of hydrogen-bond acceptors (Lipinski definition) is 6. The molecule has 1 aromatic heterocycles. The van der Waals surface area contributed by atoms with Crippen LogP contribution in [0.1, 0.15) is 43.1 Å². The van der Waals surface area contributed by atoms with Gasteiger partial charge in [-0.2, -0.15) is 0 Å². The third kappa shape index (κ3) is 7.41. The van der Waals surface area contributed by atoms with Gasteiger partial charge in [0.15, 0.2) is 0 Å².